The summed E-state index contributed by atoms with van der Waals surface area (Å²) in [6.07, 6.45) is 1.42. The highest BCUT2D eigenvalue weighted by molar-refractivity contribution is 7.70. The van der Waals surface area contributed by atoms with E-state index in [0.29, 0.717) is 28.2 Å². The number of nitro benzene ring substituents is 1. The second kappa shape index (κ2) is 8.24. The van der Waals surface area contributed by atoms with Crippen LogP contribution in [0.5, 0.6) is 5.75 Å². The van der Waals surface area contributed by atoms with Crippen molar-refractivity contribution in [1.29, 1.82) is 0 Å². The Labute approximate surface area is 166 Å². The lowest BCUT2D eigenvalue weighted by Crippen LogP contribution is -2.11. The molecule has 11 heteroatoms. The summed E-state index contributed by atoms with van der Waals surface area (Å²) in [7, 11) is -1.05. The van der Waals surface area contributed by atoms with E-state index in [9.17, 15) is 14.7 Å². The molecule has 10 nitrogen and oxygen atoms in total. The summed E-state index contributed by atoms with van der Waals surface area (Å²) in [5.41, 5.74) is 0.874. The van der Waals surface area contributed by atoms with Crippen LogP contribution in [0.2, 0.25) is 0 Å². The zero-order valence-corrected chi connectivity index (χ0v) is 16.9. The highest BCUT2D eigenvalue weighted by atomic mass is 31.2. The number of benzene rings is 2. The van der Waals surface area contributed by atoms with Crippen molar-refractivity contribution in [1.82, 2.24) is 15.2 Å². The molecule has 29 heavy (non-hydrogen) atoms. The minimum Gasteiger partial charge on any atom is -0.495 e. The zero-order valence-electron chi connectivity index (χ0n) is 16.0. The van der Waals surface area contributed by atoms with E-state index in [1.165, 1.54) is 31.5 Å². The van der Waals surface area contributed by atoms with Crippen molar-refractivity contribution in [2.45, 2.75) is 0 Å². The lowest BCUT2D eigenvalue weighted by Gasteiger charge is -2.15. The SMILES string of the molecule is COc1ccc([N+](=O)[O-])cc1Nc1nncc(Nc2ccccc2P(C)(C)=O)n1. The van der Waals surface area contributed by atoms with E-state index in [1.54, 1.807) is 25.5 Å². The minimum absolute atomic E-state index is 0.105. The standard InChI is InChI=1S/C18H19N6O4P/c1-28-15-9-8-12(24(25)26)10-14(15)21-18-22-17(11-19-23-18)20-13-6-4-5-7-16(13)29(2,3)27/h4-11H,1-3H3,(H2,20,21,22,23). The maximum absolute atomic E-state index is 12.5. The fraction of sp³-hybridized carbons (Fsp3) is 0.167. The Morgan fingerprint density at radius 2 is 1.86 bits per heavy atom. The molecule has 1 aromatic heterocycles. The van der Waals surface area contributed by atoms with E-state index in [1.807, 2.05) is 12.1 Å². The monoisotopic (exact) mass is 414 g/mol. The number of nitrogens with one attached hydrogen (secondary N) is 2. The highest BCUT2D eigenvalue weighted by Gasteiger charge is 2.17. The van der Waals surface area contributed by atoms with E-state index >= 15 is 0 Å². The first-order valence-corrected chi connectivity index (χ1v) is 11.1. The summed E-state index contributed by atoms with van der Waals surface area (Å²) in [4.78, 5) is 14.9. The van der Waals surface area contributed by atoms with Gasteiger partial charge in [0.2, 0.25) is 5.95 Å². The number of para-hydroxylation sites is 1. The summed E-state index contributed by atoms with van der Waals surface area (Å²) >= 11 is 0. The molecule has 0 saturated heterocycles. The van der Waals surface area contributed by atoms with Gasteiger partial charge in [0.15, 0.2) is 5.82 Å². The lowest BCUT2D eigenvalue weighted by atomic mass is 10.2. The van der Waals surface area contributed by atoms with Crippen LogP contribution in [0.3, 0.4) is 0 Å². The van der Waals surface area contributed by atoms with Crippen LogP contribution in [0, 0.1) is 10.1 Å². The molecule has 150 valence electrons. The van der Waals surface area contributed by atoms with Gasteiger partial charge < -0.3 is 19.9 Å². The van der Waals surface area contributed by atoms with Gasteiger partial charge >= 0.3 is 0 Å². The van der Waals surface area contributed by atoms with Crippen molar-refractivity contribution < 1.29 is 14.2 Å². The Hall–Kier alpha value is -3.52. The van der Waals surface area contributed by atoms with Crippen molar-refractivity contribution in [3.63, 3.8) is 0 Å². The number of rotatable bonds is 7. The zero-order chi connectivity index (χ0) is 21.0. The van der Waals surface area contributed by atoms with Gasteiger partial charge in [-0.2, -0.15) is 10.1 Å². The molecule has 0 spiro atoms. The third-order valence-corrected chi connectivity index (χ3v) is 5.50. The molecule has 0 amide bonds. The summed E-state index contributed by atoms with van der Waals surface area (Å²) in [6.45, 7) is 3.38. The summed E-state index contributed by atoms with van der Waals surface area (Å²) in [5.74, 6) is 0.871. The Kier molecular flexibility index (Phi) is 5.74. The number of non-ortho nitro benzene ring substituents is 1. The second-order valence-electron chi connectivity index (χ2n) is 6.42. The molecule has 2 N–H and O–H groups in total. The predicted octanol–water partition coefficient (Wildman–Crippen LogP) is 3.52. The van der Waals surface area contributed by atoms with Gasteiger partial charge in [0.1, 0.15) is 12.9 Å². The van der Waals surface area contributed by atoms with E-state index in [2.05, 4.69) is 25.8 Å². The number of nitrogens with zero attached hydrogens (tertiary/aromatic N) is 4. The Morgan fingerprint density at radius 3 is 2.55 bits per heavy atom. The van der Waals surface area contributed by atoms with Gasteiger partial charge in [-0.3, -0.25) is 10.1 Å². The molecule has 0 atom stereocenters. The van der Waals surface area contributed by atoms with Crippen molar-refractivity contribution in [2.75, 3.05) is 31.1 Å². The number of hydrogen-bond donors (Lipinski definition) is 2. The van der Waals surface area contributed by atoms with E-state index < -0.39 is 12.1 Å². The first kappa shape index (κ1) is 20.2. The maximum Gasteiger partial charge on any atom is 0.271 e. The van der Waals surface area contributed by atoms with E-state index in [4.69, 9.17) is 4.74 Å². The molecule has 1 heterocycles. The van der Waals surface area contributed by atoms with Gasteiger partial charge in [-0.15, -0.1) is 5.10 Å². The Balaban J connectivity index is 1.90. The Morgan fingerprint density at radius 1 is 1.10 bits per heavy atom. The molecule has 2 aromatic carbocycles. The van der Waals surface area contributed by atoms with Crippen molar-refractivity contribution in [3.8, 4) is 5.75 Å². The van der Waals surface area contributed by atoms with E-state index in [0.717, 1.165) is 0 Å². The van der Waals surface area contributed by atoms with Gasteiger partial charge in [0.25, 0.3) is 5.69 Å². The highest BCUT2D eigenvalue weighted by Crippen LogP contribution is 2.38. The summed E-state index contributed by atoms with van der Waals surface area (Å²) < 4.78 is 17.7. The number of ether oxygens (including phenoxy) is 1. The van der Waals surface area contributed by atoms with Crippen LogP contribution in [0.4, 0.5) is 28.8 Å². The second-order valence-corrected chi connectivity index (χ2v) is 9.61. The fourth-order valence-electron chi connectivity index (χ4n) is 2.63. The van der Waals surface area contributed by atoms with Gasteiger partial charge in [-0.05, 0) is 31.5 Å². The largest absolute Gasteiger partial charge is 0.495 e. The topological polar surface area (TPSA) is 132 Å². The van der Waals surface area contributed by atoms with Gasteiger partial charge in [0.05, 0.1) is 29.6 Å². The van der Waals surface area contributed by atoms with Gasteiger partial charge in [0, 0.05) is 17.4 Å². The molecule has 0 aliphatic heterocycles. The quantitative estimate of drug-likeness (QED) is 0.338. The molecule has 0 saturated carbocycles. The smallest absolute Gasteiger partial charge is 0.271 e. The third kappa shape index (κ3) is 4.85. The predicted molar refractivity (Wildman–Crippen MR) is 112 cm³/mol. The van der Waals surface area contributed by atoms with Crippen LogP contribution in [0.25, 0.3) is 0 Å². The first-order valence-electron chi connectivity index (χ1n) is 8.48. The average Bonchev–Trinajstić information content (AvgIpc) is 2.68. The molecule has 3 rings (SSSR count). The molecule has 0 fully saturated rings. The van der Waals surface area contributed by atoms with Crippen LogP contribution in [0.15, 0.2) is 48.7 Å². The van der Waals surface area contributed by atoms with Crippen LogP contribution in [0.1, 0.15) is 0 Å². The summed E-state index contributed by atoms with van der Waals surface area (Å²) in [6, 6.07) is 11.4. The number of methoxy groups -OCH3 is 1. The Bertz CT molecular complexity index is 1100. The van der Waals surface area contributed by atoms with Crippen LogP contribution >= 0.6 is 7.14 Å². The van der Waals surface area contributed by atoms with E-state index in [-0.39, 0.29) is 11.6 Å². The lowest BCUT2D eigenvalue weighted by molar-refractivity contribution is -0.384. The van der Waals surface area contributed by atoms with Crippen LogP contribution in [-0.2, 0) is 4.57 Å². The number of nitro groups is 1. The van der Waals surface area contributed by atoms with Gasteiger partial charge in [-0.25, -0.2) is 0 Å². The van der Waals surface area contributed by atoms with Crippen molar-refractivity contribution >= 4 is 41.3 Å². The molecular weight excluding hydrogens is 395 g/mol. The molecule has 0 unspecified atom stereocenters. The van der Waals surface area contributed by atoms with Gasteiger partial charge in [-0.1, -0.05) is 12.1 Å². The molecular formula is C18H19N6O4P. The minimum atomic E-state index is -2.51. The first-order chi connectivity index (χ1) is 13.8. The van der Waals surface area contributed by atoms with Crippen LogP contribution in [-0.4, -0.2) is 40.5 Å². The summed E-state index contributed by atoms with van der Waals surface area (Å²) in [5, 5.41) is 25.5. The number of aromatic nitrogens is 3. The fourth-order valence-corrected chi connectivity index (χ4v) is 3.79. The van der Waals surface area contributed by atoms with Crippen molar-refractivity contribution in [2.24, 2.45) is 0 Å². The molecule has 0 aliphatic carbocycles. The molecule has 0 radical (unpaired) electrons. The average molecular weight is 414 g/mol. The van der Waals surface area contributed by atoms with Crippen LogP contribution < -0.4 is 20.7 Å². The normalized spacial score (nSPS) is 11.0. The van der Waals surface area contributed by atoms with Crippen molar-refractivity contribution in [3.05, 3.63) is 58.8 Å². The maximum atomic E-state index is 12.5. The molecule has 0 bridgehead atoms. The number of anilines is 4. The third-order valence-electron chi connectivity index (χ3n) is 3.95. The molecule has 0 aliphatic rings. The number of hydrogen-bond acceptors (Lipinski definition) is 9. The molecule has 3 aromatic rings.